The Hall–Kier alpha value is -4.53. The van der Waals surface area contributed by atoms with Crippen molar-refractivity contribution in [3.05, 3.63) is 89.1 Å². The van der Waals surface area contributed by atoms with Crippen LogP contribution in [0.15, 0.2) is 61.1 Å². The molecule has 4 aromatic rings. The zero-order valence-corrected chi connectivity index (χ0v) is 23.2. The van der Waals surface area contributed by atoms with E-state index in [0.29, 0.717) is 36.2 Å². The van der Waals surface area contributed by atoms with E-state index in [4.69, 9.17) is 19.7 Å². The van der Waals surface area contributed by atoms with Crippen LogP contribution in [0.2, 0.25) is 0 Å². The normalized spacial score (nSPS) is 15.3. The van der Waals surface area contributed by atoms with Gasteiger partial charge in [0.2, 0.25) is 0 Å². The number of methoxy groups -OCH3 is 1. The number of piperidine rings is 1. The molecule has 40 heavy (non-hydrogen) atoms. The number of aryl methyl sites for hydroxylation is 2. The smallest absolute Gasteiger partial charge is 0.336 e. The molecule has 204 valence electrons. The van der Waals surface area contributed by atoms with Gasteiger partial charge >= 0.3 is 6.03 Å². The number of carbonyl (C=O) groups is 1. The molecule has 0 saturated carbocycles. The van der Waals surface area contributed by atoms with Gasteiger partial charge in [-0.15, -0.1) is 0 Å². The van der Waals surface area contributed by atoms with Crippen LogP contribution in [0.4, 0.5) is 27.9 Å². The summed E-state index contributed by atoms with van der Waals surface area (Å²) in [5, 5.41) is 0. The van der Waals surface area contributed by atoms with Gasteiger partial charge in [-0.25, -0.2) is 29.6 Å². The van der Waals surface area contributed by atoms with E-state index < -0.39 is 0 Å². The zero-order valence-electron chi connectivity index (χ0n) is 23.2. The molecule has 2 aliphatic heterocycles. The molecule has 9 nitrogen and oxygen atoms in total. The van der Waals surface area contributed by atoms with Gasteiger partial charge in [-0.05, 0) is 68.0 Å². The lowest BCUT2D eigenvalue weighted by Gasteiger charge is -2.36. The Morgan fingerprint density at radius 1 is 0.850 bits per heavy atom. The summed E-state index contributed by atoms with van der Waals surface area (Å²) < 4.78 is 5.30. The molecule has 0 spiro atoms. The van der Waals surface area contributed by atoms with Crippen molar-refractivity contribution in [2.24, 2.45) is 0 Å². The van der Waals surface area contributed by atoms with E-state index in [1.807, 2.05) is 44.4 Å². The van der Waals surface area contributed by atoms with Crippen LogP contribution in [0.3, 0.4) is 0 Å². The molecule has 1 saturated heterocycles. The number of ether oxygens (including phenoxy) is 1. The predicted molar refractivity (Wildman–Crippen MR) is 156 cm³/mol. The number of para-hydroxylation sites is 1. The highest BCUT2D eigenvalue weighted by Gasteiger charge is 2.36. The number of carbonyl (C=O) groups excluding carboxylic acids is 1. The van der Waals surface area contributed by atoms with Crippen LogP contribution in [-0.2, 0) is 13.0 Å². The van der Waals surface area contributed by atoms with E-state index in [1.54, 1.807) is 35.2 Å². The maximum absolute atomic E-state index is 14.1. The van der Waals surface area contributed by atoms with Crippen molar-refractivity contribution < 1.29 is 9.53 Å². The highest BCUT2D eigenvalue weighted by molar-refractivity contribution is 6.10. The highest BCUT2D eigenvalue weighted by atomic mass is 16.5. The molecule has 9 heteroatoms. The fourth-order valence-corrected chi connectivity index (χ4v) is 5.52. The van der Waals surface area contributed by atoms with Crippen molar-refractivity contribution in [2.45, 2.75) is 46.1 Å². The van der Waals surface area contributed by atoms with Gasteiger partial charge in [0.05, 0.1) is 25.5 Å². The van der Waals surface area contributed by atoms with Crippen molar-refractivity contribution >= 4 is 29.2 Å². The van der Waals surface area contributed by atoms with E-state index >= 15 is 0 Å². The minimum absolute atomic E-state index is 0.209. The van der Waals surface area contributed by atoms with Gasteiger partial charge in [0.25, 0.3) is 0 Å². The first-order valence-corrected chi connectivity index (χ1v) is 13.7. The van der Waals surface area contributed by atoms with Crippen molar-refractivity contribution in [3.63, 3.8) is 0 Å². The van der Waals surface area contributed by atoms with Gasteiger partial charge in [0.1, 0.15) is 23.2 Å². The third-order valence-corrected chi connectivity index (χ3v) is 7.60. The largest absolute Gasteiger partial charge is 0.495 e. The third-order valence-electron chi connectivity index (χ3n) is 7.60. The maximum Gasteiger partial charge on any atom is 0.336 e. The Balaban J connectivity index is 1.34. The summed E-state index contributed by atoms with van der Waals surface area (Å²) in [6, 6.07) is 13.6. The number of anilines is 4. The molecule has 1 fully saturated rings. The fourth-order valence-electron chi connectivity index (χ4n) is 5.52. The van der Waals surface area contributed by atoms with E-state index in [2.05, 4.69) is 22.0 Å². The van der Waals surface area contributed by atoms with E-state index in [-0.39, 0.29) is 6.03 Å². The second-order valence-corrected chi connectivity index (χ2v) is 10.4. The number of urea groups is 1. The first-order valence-electron chi connectivity index (χ1n) is 13.7. The Kier molecular flexibility index (Phi) is 7.02. The van der Waals surface area contributed by atoms with E-state index in [9.17, 15) is 4.79 Å². The van der Waals surface area contributed by atoms with Crippen LogP contribution in [0.1, 0.15) is 47.3 Å². The summed E-state index contributed by atoms with van der Waals surface area (Å²) in [6.07, 6.45) is 9.58. The SMILES string of the molecule is COc1ccc(N2C(=O)N(c3c(C)cccc3C)Cc3cnc(Cc4ccc(N5CCCCC5)nc4)nc32)nc1. The molecule has 6 rings (SSSR count). The number of fused-ring (bicyclic) bond motifs is 1. The maximum atomic E-state index is 14.1. The van der Waals surface area contributed by atoms with Crippen LogP contribution in [0.5, 0.6) is 5.75 Å². The number of benzene rings is 1. The summed E-state index contributed by atoms with van der Waals surface area (Å²) in [7, 11) is 1.59. The second-order valence-electron chi connectivity index (χ2n) is 10.4. The molecule has 3 aromatic heterocycles. The lowest BCUT2D eigenvalue weighted by Crippen LogP contribution is -2.46. The molecular formula is C31H33N7O2. The van der Waals surface area contributed by atoms with Gasteiger partial charge in [-0.2, -0.15) is 0 Å². The van der Waals surface area contributed by atoms with Gasteiger partial charge in [-0.1, -0.05) is 24.3 Å². The summed E-state index contributed by atoms with van der Waals surface area (Å²) in [5.41, 5.74) is 4.81. The minimum Gasteiger partial charge on any atom is -0.495 e. The van der Waals surface area contributed by atoms with Crippen LogP contribution >= 0.6 is 0 Å². The highest BCUT2D eigenvalue weighted by Crippen LogP contribution is 2.37. The van der Waals surface area contributed by atoms with Gasteiger partial charge in [-0.3, -0.25) is 4.90 Å². The number of nitrogens with zero attached hydrogens (tertiary/aromatic N) is 7. The topological polar surface area (TPSA) is 87.6 Å². The summed E-state index contributed by atoms with van der Waals surface area (Å²) in [4.78, 5) is 38.7. The Labute approximate surface area is 234 Å². The number of hydrogen-bond acceptors (Lipinski definition) is 7. The first kappa shape index (κ1) is 25.7. The fraction of sp³-hybridized carbons (Fsp3) is 0.323. The van der Waals surface area contributed by atoms with E-state index in [1.165, 1.54) is 19.3 Å². The molecular weight excluding hydrogens is 502 g/mol. The molecule has 0 radical (unpaired) electrons. The molecule has 0 atom stereocenters. The first-order chi connectivity index (χ1) is 19.5. The average Bonchev–Trinajstić information content (AvgIpc) is 2.98. The molecule has 0 N–H and O–H groups in total. The Morgan fingerprint density at radius 2 is 1.60 bits per heavy atom. The van der Waals surface area contributed by atoms with Crippen LogP contribution in [-0.4, -0.2) is 46.2 Å². The average molecular weight is 536 g/mol. The van der Waals surface area contributed by atoms with Gasteiger partial charge < -0.3 is 9.64 Å². The molecule has 5 heterocycles. The number of hydrogen-bond donors (Lipinski definition) is 0. The van der Waals surface area contributed by atoms with Gasteiger partial charge in [0, 0.05) is 37.5 Å². The zero-order chi connectivity index (χ0) is 27.6. The minimum atomic E-state index is -0.209. The molecule has 0 bridgehead atoms. The Bertz CT molecular complexity index is 1500. The molecule has 1 aromatic carbocycles. The molecule has 2 amide bonds. The Morgan fingerprint density at radius 3 is 2.27 bits per heavy atom. The second kappa shape index (κ2) is 10.9. The van der Waals surface area contributed by atoms with Gasteiger partial charge in [0.15, 0.2) is 5.82 Å². The lowest BCUT2D eigenvalue weighted by molar-refractivity contribution is 0.252. The number of rotatable bonds is 6. The standard InChI is InChI=1S/C31H33N7O2/c1-21-8-7-9-22(2)29(21)37-20-24-18-32-26(16-23-10-12-27(33-17-23)36-14-5-4-6-15-36)35-30(24)38(31(37)39)28-13-11-25(40-3)19-34-28/h7-13,17-19H,4-6,14-16,20H2,1-3H3. The number of pyridine rings is 2. The van der Waals surface area contributed by atoms with E-state index in [0.717, 1.165) is 46.8 Å². The summed E-state index contributed by atoms with van der Waals surface area (Å²) in [5.74, 6) is 3.28. The summed E-state index contributed by atoms with van der Waals surface area (Å²) >= 11 is 0. The van der Waals surface area contributed by atoms with Crippen LogP contribution in [0, 0.1) is 13.8 Å². The lowest BCUT2D eigenvalue weighted by atomic mass is 10.1. The molecule has 0 unspecified atom stereocenters. The monoisotopic (exact) mass is 535 g/mol. The quantitative estimate of drug-likeness (QED) is 0.311. The molecule has 2 aliphatic rings. The van der Waals surface area contributed by atoms with Crippen LogP contribution in [0.25, 0.3) is 0 Å². The van der Waals surface area contributed by atoms with Crippen molar-refractivity contribution in [3.8, 4) is 5.75 Å². The number of amides is 2. The van der Waals surface area contributed by atoms with Crippen molar-refractivity contribution in [2.75, 3.05) is 34.9 Å². The number of aromatic nitrogens is 4. The van der Waals surface area contributed by atoms with Crippen molar-refractivity contribution in [1.82, 2.24) is 19.9 Å². The van der Waals surface area contributed by atoms with Crippen LogP contribution < -0.4 is 19.4 Å². The van der Waals surface area contributed by atoms with Crippen molar-refractivity contribution in [1.29, 1.82) is 0 Å². The molecule has 0 aliphatic carbocycles. The predicted octanol–water partition coefficient (Wildman–Crippen LogP) is 5.75. The summed E-state index contributed by atoms with van der Waals surface area (Å²) in [6.45, 7) is 6.53. The third kappa shape index (κ3) is 4.95.